The average molecular weight is 245 g/mol. The summed E-state index contributed by atoms with van der Waals surface area (Å²) in [7, 11) is 0. The summed E-state index contributed by atoms with van der Waals surface area (Å²) in [5, 5.41) is 3.19. The molecule has 1 aliphatic heterocycles. The van der Waals surface area contributed by atoms with Gasteiger partial charge in [-0.2, -0.15) is 0 Å². The van der Waals surface area contributed by atoms with Crippen LogP contribution >= 0.6 is 0 Å². The molecule has 0 atom stereocenters. The summed E-state index contributed by atoms with van der Waals surface area (Å²) in [4.78, 5) is 0. The van der Waals surface area contributed by atoms with Crippen molar-refractivity contribution in [1.29, 1.82) is 0 Å². The van der Waals surface area contributed by atoms with Gasteiger partial charge >= 0.3 is 0 Å². The van der Waals surface area contributed by atoms with Gasteiger partial charge in [0, 0.05) is 22.5 Å². The monoisotopic (exact) mass is 245 g/mol. The Morgan fingerprint density at radius 1 is 1.00 bits per heavy atom. The lowest BCUT2D eigenvalue weighted by Crippen LogP contribution is -2.22. The Morgan fingerprint density at radius 3 is 2.39 bits per heavy atom. The van der Waals surface area contributed by atoms with Crippen LogP contribution in [0.5, 0.6) is 0 Å². The minimum Gasteiger partial charge on any atom is -0.358 e. The normalized spacial score (nSPS) is 18.3. The van der Waals surface area contributed by atoms with Gasteiger partial charge in [0.05, 0.1) is 0 Å². The van der Waals surface area contributed by atoms with E-state index in [-0.39, 0.29) is 0 Å². The molecule has 2 aliphatic rings. The number of benzene rings is 1. The van der Waals surface area contributed by atoms with E-state index in [1.807, 2.05) is 0 Å². The predicted octanol–water partition coefficient (Wildman–Crippen LogP) is 3.99. The van der Waals surface area contributed by atoms with Crippen LogP contribution in [0, 0.1) is 11.6 Å². The first-order valence-corrected chi connectivity index (χ1v) is 5.95. The van der Waals surface area contributed by atoms with Crippen molar-refractivity contribution in [3.63, 3.8) is 0 Å². The van der Waals surface area contributed by atoms with Crippen LogP contribution in [0.3, 0.4) is 0 Å². The summed E-state index contributed by atoms with van der Waals surface area (Å²) in [5.74, 6) is -1.67. The SMILES string of the molecule is C=C1CCCC2=C1c1cc(F)c(F)cc1C(=C)N2. The van der Waals surface area contributed by atoms with Crippen LogP contribution in [0.2, 0.25) is 0 Å². The highest BCUT2D eigenvalue weighted by atomic mass is 19.2. The van der Waals surface area contributed by atoms with E-state index in [0.717, 1.165) is 36.1 Å². The number of hydrogen-bond donors (Lipinski definition) is 1. The van der Waals surface area contributed by atoms with Crippen molar-refractivity contribution in [1.82, 2.24) is 5.32 Å². The minimum atomic E-state index is -0.845. The molecule has 1 aliphatic carbocycles. The molecule has 0 saturated carbocycles. The Morgan fingerprint density at radius 2 is 1.67 bits per heavy atom. The quantitative estimate of drug-likeness (QED) is 0.728. The third-order valence-electron chi connectivity index (χ3n) is 3.52. The molecule has 3 heteroatoms. The Balaban J connectivity index is 2.29. The van der Waals surface area contributed by atoms with Crippen molar-refractivity contribution >= 4 is 11.3 Å². The lowest BCUT2D eigenvalue weighted by atomic mass is 9.82. The lowest BCUT2D eigenvalue weighted by Gasteiger charge is -2.31. The second kappa shape index (κ2) is 3.80. The van der Waals surface area contributed by atoms with Crippen LogP contribution in [0.4, 0.5) is 8.78 Å². The Labute approximate surface area is 105 Å². The standard InChI is InChI=1S/C15H13F2N/c1-8-4-3-5-14-15(8)11-7-13(17)12(16)6-10(11)9(2)18-14/h6-7,18H,1-5H2. The fourth-order valence-electron chi connectivity index (χ4n) is 2.67. The van der Waals surface area contributed by atoms with E-state index in [9.17, 15) is 8.78 Å². The summed E-state index contributed by atoms with van der Waals surface area (Å²) in [6.07, 6.45) is 2.81. The van der Waals surface area contributed by atoms with E-state index < -0.39 is 11.6 Å². The molecular formula is C15H13F2N. The largest absolute Gasteiger partial charge is 0.358 e. The Kier molecular flexibility index (Phi) is 2.37. The molecule has 1 nitrogen and oxygen atoms in total. The van der Waals surface area contributed by atoms with E-state index in [0.29, 0.717) is 16.8 Å². The van der Waals surface area contributed by atoms with Crippen molar-refractivity contribution in [3.8, 4) is 0 Å². The molecular weight excluding hydrogens is 232 g/mol. The molecule has 1 heterocycles. The van der Waals surface area contributed by atoms with E-state index in [1.54, 1.807) is 0 Å². The molecule has 0 amide bonds. The maximum Gasteiger partial charge on any atom is 0.159 e. The number of fused-ring (bicyclic) bond motifs is 2. The Hall–Kier alpha value is -1.90. The summed E-state index contributed by atoms with van der Waals surface area (Å²) < 4.78 is 26.8. The smallest absolute Gasteiger partial charge is 0.159 e. The summed E-state index contributed by atoms with van der Waals surface area (Å²) >= 11 is 0. The van der Waals surface area contributed by atoms with Crippen molar-refractivity contribution in [2.75, 3.05) is 0 Å². The van der Waals surface area contributed by atoms with Crippen molar-refractivity contribution in [2.45, 2.75) is 19.3 Å². The van der Waals surface area contributed by atoms with Gasteiger partial charge in [0.25, 0.3) is 0 Å². The van der Waals surface area contributed by atoms with Crippen LogP contribution in [0.1, 0.15) is 30.4 Å². The van der Waals surface area contributed by atoms with Crippen molar-refractivity contribution < 1.29 is 8.78 Å². The molecule has 1 N–H and O–H groups in total. The fourth-order valence-corrected chi connectivity index (χ4v) is 2.67. The summed E-state index contributed by atoms with van der Waals surface area (Å²) in [5.41, 5.74) is 4.88. The molecule has 0 unspecified atom stereocenters. The number of halogens is 2. The van der Waals surface area contributed by atoms with Gasteiger partial charge in [0.1, 0.15) is 0 Å². The number of nitrogens with one attached hydrogen (secondary N) is 1. The molecule has 0 spiro atoms. The predicted molar refractivity (Wildman–Crippen MR) is 68.4 cm³/mol. The van der Waals surface area contributed by atoms with E-state index in [2.05, 4.69) is 18.5 Å². The molecule has 0 saturated heterocycles. The van der Waals surface area contributed by atoms with Gasteiger partial charge in [-0.3, -0.25) is 0 Å². The highest BCUT2D eigenvalue weighted by molar-refractivity contribution is 5.91. The maximum absolute atomic E-state index is 13.4. The third kappa shape index (κ3) is 1.50. The zero-order valence-electron chi connectivity index (χ0n) is 9.95. The van der Waals surface area contributed by atoms with Crippen molar-refractivity contribution in [2.24, 2.45) is 0 Å². The van der Waals surface area contributed by atoms with Gasteiger partial charge in [-0.05, 0) is 42.5 Å². The zero-order valence-corrected chi connectivity index (χ0v) is 9.95. The van der Waals surface area contributed by atoms with Gasteiger partial charge < -0.3 is 5.32 Å². The molecule has 92 valence electrons. The highest BCUT2D eigenvalue weighted by Gasteiger charge is 2.26. The van der Waals surface area contributed by atoms with Crippen LogP contribution < -0.4 is 5.32 Å². The van der Waals surface area contributed by atoms with E-state index in [1.165, 1.54) is 12.1 Å². The first kappa shape index (κ1) is 11.2. The van der Waals surface area contributed by atoms with Crippen molar-refractivity contribution in [3.05, 3.63) is 59.3 Å². The second-order valence-corrected chi connectivity index (χ2v) is 4.73. The minimum absolute atomic E-state index is 0.621. The average Bonchev–Trinajstić information content (AvgIpc) is 2.32. The fraction of sp³-hybridized carbons (Fsp3) is 0.200. The van der Waals surface area contributed by atoms with Gasteiger partial charge in [0.15, 0.2) is 11.6 Å². The second-order valence-electron chi connectivity index (χ2n) is 4.73. The topological polar surface area (TPSA) is 12.0 Å². The zero-order chi connectivity index (χ0) is 12.9. The molecule has 1 aromatic rings. The molecule has 18 heavy (non-hydrogen) atoms. The van der Waals surface area contributed by atoms with Gasteiger partial charge in [0.2, 0.25) is 0 Å². The van der Waals surface area contributed by atoms with Gasteiger partial charge in [-0.15, -0.1) is 0 Å². The first-order valence-electron chi connectivity index (χ1n) is 5.95. The van der Waals surface area contributed by atoms with Crippen LogP contribution in [0.15, 0.2) is 36.6 Å². The van der Waals surface area contributed by atoms with Gasteiger partial charge in [-0.1, -0.05) is 13.2 Å². The molecule has 1 aromatic carbocycles. The highest BCUT2D eigenvalue weighted by Crippen LogP contribution is 2.41. The third-order valence-corrected chi connectivity index (χ3v) is 3.52. The number of hydrogen-bond acceptors (Lipinski definition) is 1. The van der Waals surface area contributed by atoms with Crippen LogP contribution in [-0.4, -0.2) is 0 Å². The lowest BCUT2D eigenvalue weighted by molar-refractivity contribution is 0.507. The number of allylic oxidation sites excluding steroid dienone is 3. The molecule has 0 aromatic heterocycles. The van der Waals surface area contributed by atoms with E-state index >= 15 is 0 Å². The molecule has 0 radical (unpaired) electrons. The molecule has 0 bridgehead atoms. The first-order chi connectivity index (χ1) is 8.58. The van der Waals surface area contributed by atoms with Crippen LogP contribution in [-0.2, 0) is 0 Å². The van der Waals surface area contributed by atoms with Crippen LogP contribution in [0.25, 0.3) is 11.3 Å². The van der Waals surface area contributed by atoms with Gasteiger partial charge in [-0.25, -0.2) is 8.78 Å². The molecule has 0 fully saturated rings. The molecule has 3 rings (SSSR count). The maximum atomic E-state index is 13.4. The summed E-state index contributed by atoms with van der Waals surface area (Å²) in [6.45, 7) is 7.91. The number of rotatable bonds is 0. The Bertz CT molecular complexity index is 611. The van der Waals surface area contributed by atoms with E-state index in [4.69, 9.17) is 0 Å². The summed E-state index contributed by atoms with van der Waals surface area (Å²) in [6, 6.07) is 2.45.